The van der Waals surface area contributed by atoms with Crippen LogP contribution in [0.25, 0.3) is 0 Å². The highest BCUT2D eigenvalue weighted by molar-refractivity contribution is 6.29. The van der Waals surface area contributed by atoms with Crippen molar-refractivity contribution in [1.82, 2.24) is 10.3 Å². The van der Waals surface area contributed by atoms with Crippen LogP contribution in [0.4, 0.5) is 0 Å². The molecule has 6 heteroatoms. The average Bonchev–Trinajstić information content (AvgIpc) is 2.34. The van der Waals surface area contributed by atoms with Crippen molar-refractivity contribution in [1.29, 1.82) is 0 Å². The minimum Gasteiger partial charge on any atom is -0.481 e. The molecule has 5 nitrogen and oxygen atoms in total. The lowest BCUT2D eigenvalue weighted by molar-refractivity contribution is -0.137. The lowest BCUT2D eigenvalue weighted by Crippen LogP contribution is -2.24. The monoisotopic (exact) mass is 270 g/mol. The number of aliphatic carboxylic acids is 1. The molecule has 0 aliphatic carbocycles. The predicted molar refractivity (Wildman–Crippen MR) is 67.7 cm³/mol. The summed E-state index contributed by atoms with van der Waals surface area (Å²) in [4.78, 5) is 25.7. The molecular weight excluding hydrogens is 256 g/mol. The number of carbonyl (C=O) groups is 2. The number of nitrogens with zero attached hydrogens (tertiary/aromatic N) is 1. The number of amides is 1. The molecule has 1 aromatic rings. The summed E-state index contributed by atoms with van der Waals surface area (Å²) in [5.41, 5.74) is 0.463. The molecule has 0 saturated carbocycles. The number of carboxylic acid groups (broad SMARTS) is 1. The van der Waals surface area contributed by atoms with Gasteiger partial charge in [0.25, 0.3) is 5.91 Å². The Morgan fingerprint density at radius 3 is 2.67 bits per heavy atom. The van der Waals surface area contributed by atoms with Gasteiger partial charge in [0.05, 0.1) is 5.56 Å². The van der Waals surface area contributed by atoms with Gasteiger partial charge in [0.15, 0.2) is 0 Å². The van der Waals surface area contributed by atoms with Crippen molar-refractivity contribution in [3.8, 4) is 0 Å². The molecule has 18 heavy (non-hydrogen) atoms. The van der Waals surface area contributed by atoms with E-state index in [1.165, 1.54) is 6.20 Å². The van der Waals surface area contributed by atoms with E-state index in [9.17, 15) is 9.59 Å². The zero-order chi connectivity index (χ0) is 13.4. The van der Waals surface area contributed by atoms with E-state index in [4.69, 9.17) is 16.7 Å². The van der Waals surface area contributed by atoms with E-state index < -0.39 is 5.97 Å². The van der Waals surface area contributed by atoms with Crippen LogP contribution < -0.4 is 5.32 Å². The van der Waals surface area contributed by atoms with E-state index in [0.29, 0.717) is 23.7 Å². The summed E-state index contributed by atoms with van der Waals surface area (Å²) in [7, 11) is 0. The van der Waals surface area contributed by atoms with Gasteiger partial charge in [0.1, 0.15) is 5.15 Å². The second kappa shape index (κ2) is 7.66. The Hall–Kier alpha value is -1.62. The molecule has 0 aromatic carbocycles. The number of nitrogens with one attached hydrogen (secondary N) is 1. The summed E-state index contributed by atoms with van der Waals surface area (Å²) in [6.07, 6.45) is 3.77. The van der Waals surface area contributed by atoms with Crippen LogP contribution in [0.15, 0.2) is 18.3 Å². The van der Waals surface area contributed by atoms with E-state index in [1.54, 1.807) is 12.1 Å². The third kappa shape index (κ3) is 5.63. The largest absolute Gasteiger partial charge is 0.481 e. The Morgan fingerprint density at radius 2 is 2.06 bits per heavy atom. The second-order valence-electron chi connectivity index (χ2n) is 3.83. The van der Waals surface area contributed by atoms with Gasteiger partial charge >= 0.3 is 5.97 Å². The van der Waals surface area contributed by atoms with Gasteiger partial charge in [0, 0.05) is 19.2 Å². The SMILES string of the molecule is O=C(O)CCCCCNC(=O)c1ccc(Cl)nc1. The molecule has 98 valence electrons. The fourth-order valence-corrected chi connectivity index (χ4v) is 1.50. The first-order valence-corrected chi connectivity index (χ1v) is 6.09. The van der Waals surface area contributed by atoms with Gasteiger partial charge in [-0.15, -0.1) is 0 Å². The van der Waals surface area contributed by atoms with Crippen molar-refractivity contribution < 1.29 is 14.7 Å². The second-order valence-corrected chi connectivity index (χ2v) is 4.22. The molecule has 0 aliphatic rings. The van der Waals surface area contributed by atoms with E-state index in [2.05, 4.69) is 10.3 Å². The van der Waals surface area contributed by atoms with Crippen molar-refractivity contribution in [3.05, 3.63) is 29.0 Å². The molecule has 0 aliphatic heterocycles. The van der Waals surface area contributed by atoms with Gasteiger partial charge in [-0.25, -0.2) is 4.98 Å². The van der Waals surface area contributed by atoms with Crippen molar-refractivity contribution in [3.63, 3.8) is 0 Å². The van der Waals surface area contributed by atoms with Crippen molar-refractivity contribution >= 4 is 23.5 Å². The fraction of sp³-hybridized carbons (Fsp3) is 0.417. The highest BCUT2D eigenvalue weighted by Gasteiger charge is 2.04. The average molecular weight is 271 g/mol. The summed E-state index contributed by atoms with van der Waals surface area (Å²) in [5, 5.41) is 11.5. The van der Waals surface area contributed by atoms with Gasteiger partial charge in [-0.1, -0.05) is 18.0 Å². The van der Waals surface area contributed by atoms with Crippen molar-refractivity contribution in [2.24, 2.45) is 0 Å². The Bertz CT molecular complexity index is 406. The minimum absolute atomic E-state index is 0.176. The number of pyridine rings is 1. The number of aromatic nitrogens is 1. The van der Waals surface area contributed by atoms with E-state index in [-0.39, 0.29) is 12.3 Å². The molecule has 2 N–H and O–H groups in total. The third-order valence-corrected chi connectivity index (χ3v) is 2.57. The molecule has 0 atom stereocenters. The quantitative estimate of drug-likeness (QED) is 0.587. The maximum Gasteiger partial charge on any atom is 0.303 e. The summed E-state index contributed by atoms with van der Waals surface area (Å²) in [5.74, 6) is -0.983. The van der Waals surface area contributed by atoms with Crippen LogP contribution >= 0.6 is 11.6 Å². The molecule has 0 spiro atoms. The Balaban J connectivity index is 2.17. The number of unbranched alkanes of at least 4 members (excludes halogenated alkanes) is 2. The first kappa shape index (κ1) is 14.4. The molecule has 0 bridgehead atoms. The van der Waals surface area contributed by atoms with Crippen LogP contribution in [0.2, 0.25) is 5.15 Å². The van der Waals surface area contributed by atoms with Crippen LogP contribution in [0.5, 0.6) is 0 Å². The zero-order valence-electron chi connectivity index (χ0n) is 9.86. The van der Waals surface area contributed by atoms with Crippen LogP contribution in [-0.2, 0) is 4.79 Å². The standard InChI is InChI=1S/C12H15ClN2O3/c13-10-6-5-9(8-15-10)12(18)14-7-3-1-2-4-11(16)17/h5-6,8H,1-4,7H2,(H,14,18)(H,16,17). The summed E-state index contributed by atoms with van der Waals surface area (Å²) >= 11 is 5.61. The Labute approximate surface area is 110 Å². The maximum absolute atomic E-state index is 11.6. The fourth-order valence-electron chi connectivity index (χ4n) is 1.39. The normalized spacial score (nSPS) is 10.1. The van der Waals surface area contributed by atoms with Gasteiger partial charge in [0.2, 0.25) is 0 Å². The maximum atomic E-state index is 11.6. The van der Waals surface area contributed by atoms with E-state index in [0.717, 1.165) is 12.8 Å². The molecule has 1 rings (SSSR count). The molecule has 1 aromatic heterocycles. The zero-order valence-corrected chi connectivity index (χ0v) is 10.6. The Morgan fingerprint density at radius 1 is 1.28 bits per heavy atom. The minimum atomic E-state index is -0.786. The highest BCUT2D eigenvalue weighted by Crippen LogP contribution is 2.05. The number of hydrogen-bond donors (Lipinski definition) is 2. The number of carbonyl (C=O) groups excluding carboxylic acids is 1. The van der Waals surface area contributed by atoms with Crippen molar-refractivity contribution in [2.75, 3.05) is 6.54 Å². The molecule has 0 unspecified atom stereocenters. The lowest BCUT2D eigenvalue weighted by atomic mass is 10.2. The van der Waals surface area contributed by atoms with Crippen LogP contribution in [-0.4, -0.2) is 28.5 Å². The first-order valence-electron chi connectivity index (χ1n) is 5.71. The smallest absolute Gasteiger partial charge is 0.303 e. The van der Waals surface area contributed by atoms with Crippen LogP contribution in [0.1, 0.15) is 36.0 Å². The summed E-state index contributed by atoms with van der Waals surface area (Å²) in [6.45, 7) is 0.529. The van der Waals surface area contributed by atoms with Gasteiger partial charge in [-0.05, 0) is 25.0 Å². The number of carboxylic acids is 1. The lowest BCUT2D eigenvalue weighted by Gasteiger charge is -2.04. The number of hydrogen-bond acceptors (Lipinski definition) is 3. The number of halogens is 1. The molecule has 0 fully saturated rings. The summed E-state index contributed by atoms with van der Waals surface area (Å²) < 4.78 is 0. The predicted octanol–water partition coefficient (Wildman–Crippen LogP) is 2.11. The number of rotatable bonds is 7. The van der Waals surface area contributed by atoms with Crippen LogP contribution in [0.3, 0.4) is 0 Å². The van der Waals surface area contributed by atoms with Crippen molar-refractivity contribution in [2.45, 2.75) is 25.7 Å². The van der Waals surface area contributed by atoms with Crippen LogP contribution in [0, 0.1) is 0 Å². The Kier molecular flexibility index (Phi) is 6.14. The molecule has 1 amide bonds. The van der Waals surface area contributed by atoms with Gasteiger partial charge in [-0.2, -0.15) is 0 Å². The van der Waals surface area contributed by atoms with Gasteiger partial charge < -0.3 is 10.4 Å². The van der Waals surface area contributed by atoms with E-state index in [1.807, 2.05) is 0 Å². The highest BCUT2D eigenvalue weighted by atomic mass is 35.5. The van der Waals surface area contributed by atoms with Gasteiger partial charge in [-0.3, -0.25) is 9.59 Å². The molecular formula is C12H15ClN2O3. The third-order valence-electron chi connectivity index (χ3n) is 2.34. The van der Waals surface area contributed by atoms with E-state index >= 15 is 0 Å². The topological polar surface area (TPSA) is 79.3 Å². The first-order chi connectivity index (χ1) is 8.59. The summed E-state index contributed by atoms with van der Waals surface area (Å²) in [6, 6.07) is 3.17. The molecule has 0 radical (unpaired) electrons. The molecule has 0 saturated heterocycles. The molecule has 1 heterocycles.